The molecule has 1 fully saturated rings. The van der Waals surface area contributed by atoms with Gasteiger partial charge in [-0.1, -0.05) is 42.5 Å². The van der Waals surface area contributed by atoms with E-state index in [1.165, 1.54) is 34.6 Å². The zero-order valence-electron chi connectivity index (χ0n) is 15.3. The molecule has 3 heteroatoms. The fourth-order valence-corrected chi connectivity index (χ4v) is 3.70. The second-order valence-corrected chi connectivity index (χ2v) is 7.43. The molecule has 1 atom stereocenters. The van der Waals surface area contributed by atoms with Crippen molar-refractivity contribution in [2.45, 2.75) is 45.4 Å². The average Bonchev–Trinajstić information content (AvgIpc) is 3.40. The van der Waals surface area contributed by atoms with Crippen LogP contribution in [0.1, 0.15) is 35.2 Å². The fraction of sp³-hybridized carbons (Fsp3) is 0.304. The summed E-state index contributed by atoms with van der Waals surface area (Å²) in [5.41, 5.74) is 4.83. The van der Waals surface area contributed by atoms with Crippen LogP contribution in [0.15, 0.2) is 66.9 Å². The predicted molar refractivity (Wildman–Crippen MR) is 103 cm³/mol. The van der Waals surface area contributed by atoms with Crippen molar-refractivity contribution < 1.29 is 9.29 Å². The smallest absolute Gasteiger partial charge is 0.132 e. The van der Waals surface area contributed by atoms with Gasteiger partial charge in [0.15, 0.2) is 0 Å². The molecule has 0 aliphatic heterocycles. The van der Waals surface area contributed by atoms with Gasteiger partial charge in [-0.25, -0.2) is 4.39 Å². The number of quaternary nitrogens is 1. The molecule has 2 nitrogen and oxygen atoms in total. The molecule has 26 heavy (non-hydrogen) atoms. The SMILES string of the molecule is Cc1ccccc1Cn1cccc1C[NH+](Cc1ccccc1F)C1CC1. The average molecular weight is 349 g/mol. The van der Waals surface area contributed by atoms with Crippen LogP contribution in [0.2, 0.25) is 0 Å². The molecule has 0 amide bonds. The number of aromatic nitrogens is 1. The van der Waals surface area contributed by atoms with Crippen LogP contribution in [0.3, 0.4) is 0 Å². The number of nitrogens with one attached hydrogen (secondary N) is 1. The Labute approximate surface area is 154 Å². The minimum Gasteiger partial charge on any atom is -0.342 e. The van der Waals surface area contributed by atoms with Gasteiger partial charge in [-0.2, -0.15) is 0 Å². The summed E-state index contributed by atoms with van der Waals surface area (Å²) < 4.78 is 16.4. The highest BCUT2D eigenvalue weighted by Gasteiger charge is 2.34. The number of hydrogen-bond acceptors (Lipinski definition) is 0. The summed E-state index contributed by atoms with van der Waals surface area (Å²) >= 11 is 0. The van der Waals surface area contributed by atoms with E-state index < -0.39 is 0 Å². The molecule has 1 aliphatic rings. The second kappa shape index (κ2) is 7.46. The van der Waals surface area contributed by atoms with Crippen LogP contribution in [0.25, 0.3) is 0 Å². The Morgan fingerprint density at radius 2 is 1.65 bits per heavy atom. The molecule has 1 aliphatic carbocycles. The van der Waals surface area contributed by atoms with E-state index in [9.17, 15) is 4.39 Å². The van der Waals surface area contributed by atoms with Crippen molar-refractivity contribution in [3.8, 4) is 0 Å². The summed E-state index contributed by atoms with van der Waals surface area (Å²) in [6.45, 7) is 4.76. The van der Waals surface area contributed by atoms with E-state index in [1.54, 1.807) is 12.1 Å². The molecular weight excluding hydrogens is 323 g/mol. The van der Waals surface area contributed by atoms with Crippen molar-refractivity contribution in [2.24, 2.45) is 0 Å². The molecule has 0 bridgehead atoms. The van der Waals surface area contributed by atoms with Gasteiger partial charge in [0.25, 0.3) is 0 Å². The van der Waals surface area contributed by atoms with Crippen molar-refractivity contribution in [1.29, 1.82) is 0 Å². The molecule has 2 aromatic carbocycles. The monoisotopic (exact) mass is 349 g/mol. The van der Waals surface area contributed by atoms with Gasteiger partial charge in [-0.15, -0.1) is 0 Å². The number of rotatable bonds is 7. The van der Waals surface area contributed by atoms with E-state index in [-0.39, 0.29) is 5.82 Å². The zero-order valence-corrected chi connectivity index (χ0v) is 15.3. The van der Waals surface area contributed by atoms with Gasteiger partial charge in [0, 0.05) is 31.1 Å². The molecule has 4 rings (SSSR count). The number of nitrogens with zero attached hydrogens (tertiary/aromatic N) is 1. The van der Waals surface area contributed by atoms with Gasteiger partial charge < -0.3 is 9.47 Å². The first-order chi connectivity index (χ1) is 12.7. The van der Waals surface area contributed by atoms with Crippen molar-refractivity contribution in [1.82, 2.24) is 4.57 Å². The van der Waals surface area contributed by atoms with E-state index in [0.29, 0.717) is 6.04 Å². The third-order valence-corrected chi connectivity index (χ3v) is 5.46. The van der Waals surface area contributed by atoms with E-state index in [2.05, 4.69) is 54.1 Å². The van der Waals surface area contributed by atoms with E-state index in [1.807, 2.05) is 12.1 Å². The van der Waals surface area contributed by atoms with Gasteiger partial charge in [0.1, 0.15) is 18.9 Å². The van der Waals surface area contributed by atoms with Gasteiger partial charge >= 0.3 is 0 Å². The van der Waals surface area contributed by atoms with Crippen molar-refractivity contribution in [2.75, 3.05) is 0 Å². The quantitative estimate of drug-likeness (QED) is 0.666. The molecule has 0 saturated heterocycles. The Hall–Kier alpha value is -2.39. The Morgan fingerprint density at radius 1 is 0.923 bits per heavy atom. The van der Waals surface area contributed by atoms with E-state index in [0.717, 1.165) is 25.2 Å². The highest BCUT2D eigenvalue weighted by molar-refractivity contribution is 5.26. The summed E-state index contributed by atoms with van der Waals surface area (Å²) in [5.74, 6) is -0.0825. The van der Waals surface area contributed by atoms with Crippen LogP contribution in [-0.2, 0) is 19.6 Å². The lowest BCUT2D eigenvalue weighted by molar-refractivity contribution is -0.939. The Bertz CT molecular complexity index is 879. The molecule has 1 saturated carbocycles. The van der Waals surface area contributed by atoms with E-state index >= 15 is 0 Å². The zero-order chi connectivity index (χ0) is 17.9. The predicted octanol–water partition coefficient (Wildman–Crippen LogP) is 3.73. The normalized spacial score (nSPS) is 15.2. The number of halogens is 1. The van der Waals surface area contributed by atoms with Crippen LogP contribution in [0, 0.1) is 12.7 Å². The maximum atomic E-state index is 14.1. The van der Waals surface area contributed by atoms with Gasteiger partial charge in [-0.05, 0) is 36.2 Å². The lowest BCUT2D eigenvalue weighted by Gasteiger charge is -2.21. The Morgan fingerprint density at radius 3 is 2.38 bits per heavy atom. The molecule has 3 aromatic rings. The summed E-state index contributed by atoms with van der Waals surface area (Å²) in [5, 5.41) is 0. The van der Waals surface area contributed by atoms with Gasteiger partial charge in [0.2, 0.25) is 0 Å². The molecule has 1 aromatic heterocycles. The molecule has 0 radical (unpaired) electrons. The third-order valence-electron chi connectivity index (χ3n) is 5.46. The fourth-order valence-electron chi connectivity index (χ4n) is 3.70. The summed E-state index contributed by atoms with van der Waals surface area (Å²) in [6, 6.07) is 20.7. The minimum absolute atomic E-state index is 0.0825. The Balaban J connectivity index is 1.51. The lowest BCUT2D eigenvalue weighted by atomic mass is 10.1. The molecule has 1 unspecified atom stereocenters. The van der Waals surface area contributed by atoms with Crippen LogP contribution < -0.4 is 4.90 Å². The largest absolute Gasteiger partial charge is 0.342 e. The lowest BCUT2D eigenvalue weighted by Crippen LogP contribution is -3.10. The Kier molecular flexibility index (Phi) is 4.89. The van der Waals surface area contributed by atoms with Crippen molar-refractivity contribution >= 4 is 0 Å². The first kappa shape index (κ1) is 17.0. The van der Waals surface area contributed by atoms with Crippen LogP contribution >= 0.6 is 0 Å². The molecule has 0 spiro atoms. The third kappa shape index (κ3) is 3.88. The molecular formula is C23H26FN2+. The summed E-state index contributed by atoms with van der Waals surface area (Å²) in [4.78, 5) is 1.47. The standard InChI is InChI=1S/C23H25FN2/c1-18-7-2-3-8-19(18)15-25-14-6-10-22(25)17-26(21-12-13-21)16-20-9-4-5-11-23(20)24/h2-11,14,21H,12-13,15-17H2,1H3/p+1. The maximum Gasteiger partial charge on any atom is 0.132 e. The first-order valence-corrected chi connectivity index (χ1v) is 9.47. The molecule has 134 valence electrons. The summed E-state index contributed by atoms with van der Waals surface area (Å²) in [6.07, 6.45) is 4.67. The van der Waals surface area contributed by atoms with Crippen molar-refractivity contribution in [3.63, 3.8) is 0 Å². The maximum absolute atomic E-state index is 14.1. The molecule has 1 N–H and O–H groups in total. The highest BCUT2D eigenvalue weighted by atomic mass is 19.1. The number of aryl methyl sites for hydroxylation is 1. The van der Waals surface area contributed by atoms with Gasteiger partial charge in [-0.3, -0.25) is 0 Å². The van der Waals surface area contributed by atoms with E-state index in [4.69, 9.17) is 0 Å². The van der Waals surface area contributed by atoms with Crippen LogP contribution in [-0.4, -0.2) is 10.6 Å². The summed E-state index contributed by atoms with van der Waals surface area (Å²) in [7, 11) is 0. The molecule has 1 heterocycles. The van der Waals surface area contributed by atoms with Crippen LogP contribution in [0.5, 0.6) is 0 Å². The second-order valence-electron chi connectivity index (χ2n) is 7.43. The topological polar surface area (TPSA) is 9.37 Å². The first-order valence-electron chi connectivity index (χ1n) is 9.47. The minimum atomic E-state index is -0.0825. The van der Waals surface area contributed by atoms with Crippen molar-refractivity contribution in [3.05, 3.63) is 95.1 Å². The van der Waals surface area contributed by atoms with Gasteiger partial charge in [0.05, 0.1) is 11.7 Å². The number of benzene rings is 2. The van der Waals surface area contributed by atoms with Crippen LogP contribution in [0.4, 0.5) is 4.39 Å². The number of hydrogen-bond donors (Lipinski definition) is 1. The highest BCUT2D eigenvalue weighted by Crippen LogP contribution is 2.18.